The van der Waals surface area contributed by atoms with Crippen LogP contribution in [0.25, 0.3) is 0 Å². The van der Waals surface area contributed by atoms with E-state index >= 15 is 0 Å². The topological polar surface area (TPSA) is 81.4 Å². The number of nitrogens with two attached hydrogens (primary N) is 1. The SMILES string of the molecule is Cl.NCCNS(=O)(=O)c1ccccc1OC(F)F. The Bertz CT molecular complexity index is 471. The van der Waals surface area contributed by atoms with Crippen LogP contribution in [-0.2, 0) is 10.0 Å². The summed E-state index contributed by atoms with van der Waals surface area (Å²) in [5, 5.41) is 0. The lowest BCUT2D eigenvalue weighted by atomic mass is 10.3. The second kappa shape index (κ2) is 7.47. The van der Waals surface area contributed by atoms with Gasteiger partial charge in [-0.3, -0.25) is 0 Å². The molecule has 1 rings (SSSR count). The van der Waals surface area contributed by atoms with Gasteiger partial charge in [0.1, 0.15) is 10.6 Å². The van der Waals surface area contributed by atoms with Crippen LogP contribution in [0.5, 0.6) is 5.75 Å². The average molecular weight is 303 g/mol. The molecule has 0 heterocycles. The van der Waals surface area contributed by atoms with Crippen molar-refractivity contribution in [2.75, 3.05) is 13.1 Å². The maximum atomic E-state index is 12.1. The van der Waals surface area contributed by atoms with E-state index in [-0.39, 0.29) is 30.4 Å². The van der Waals surface area contributed by atoms with Crippen LogP contribution < -0.4 is 15.2 Å². The van der Waals surface area contributed by atoms with Gasteiger partial charge >= 0.3 is 6.61 Å². The summed E-state index contributed by atoms with van der Waals surface area (Å²) < 4.78 is 53.9. The van der Waals surface area contributed by atoms with E-state index < -0.39 is 22.4 Å². The molecule has 0 aromatic heterocycles. The van der Waals surface area contributed by atoms with Gasteiger partial charge in [-0.15, -0.1) is 12.4 Å². The summed E-state index contributed by atoms with van der Waals surface area (Å²) in [7, 11) is -3.89. The van der Waals surface area contributed by atoms with Crippen molar-refractivity contribution in [3.05, 3.63) is 24.3 Å². The summed E-state index contributed by atoms with van der Waals surface area (Å²) in [5.74, 6) is -0.396. The van der Waals surface area contributed by atoms with Gasteiger partial charge in [-0.05, 0) is 12.1 Å². The summed E-state index contributed by atoms with van der Waals surface area (Å²) in [6.07, 6.45) is 0. The molecule has 3 N–H and O–H groups in total. The normalized spacial score (nSPS) is 11.1. The Hall–Kier alpha value is -0.960. The third-order valence-corrected chi connectivity index (χ3v) is 3.29. The zero-order valence-electron chi connectivity index (χ0n) is 9.18. The minimum atomic E-state index is -3.89. The molecule has 9 heteroatoms. The molecule has 1 aromatic carbocycles. The highest BCUT2D eigenvalue weighted by atomic mass is 35.5. The third kappa shape index (κ3) is 4.73. The van der Waals surface area contributed by atoms with Crippen molar-refractivity contribution in [2.24, 2.45) is 5.73 Å². The van der Waals surface area contributed by atoms with E-state index in [2.05, 4.69) is 9.46 Å². The fourth-order valence-corrected chi connectivity index (χ4v) is 2.32. The van der Waals surface area contributed by atoms with Gasteiger partial charge in [-0.25, -0.2) is 13.1 Å². The molecule has 0 atom stereocenters. The first kappa shape index (κ1) is 17.0. The minimum absolute atomic E-state index is 0. The molecule has 0 unspecified atom stereocenters. The summed E-state index contributed by atoms with van der Waals surface area (Å²) in [5.41, 5.74) is 5.15. The Morgan fingerprint density at radius 2 is 1.94 bits per heavy atom. The van der Waals surface area contributed by atoms with Crippen LogP contribution in [0.3, 0.4) is 0 Å². The zero-order valence-corrected chi connectivity index (χ0v) is 10.8. The van der Waals surface area contributed by atoms with E-state index in [4.69, 9.17) is 5.73 Å². The number of sulfonamides is 1. The van der Waals surface area contributed by atoms with E-state index in [0.29, 0.717) is 0 Å². The number of benzene rings is 1. The van der Waals surface area contributed by atoms with Gasteiger partial charge in [-0.2, -0.15) is 8.78 Å². The number of halogens is 3. The molecule has 18 heavy (non-hydrogen) atoms. The van der Waals surface area contributed by atoms with Gasteiger partial charge in [0, 0.05) is 13.1 Å². The van der Waals surface area contributed by atoms with Crippen molar-refractivity contribution in [1.29, 1.82) is 0 Å². The molecule has 0 saturated heterocycles. The van der Waals surface area contributed by atoms with E-state index in [1.807, 2.05) is 0 Å². The van der Waals surface area contributed by atoms with E-state index in [0.717, 1.165) is 6.07 Å². The Labute approximate surface area is 110 Å². The highest BCUT2D eigenvalue weighted by Gasteiger charge is 2.20. The van der Waals surface area contributed by atoms with Crippen LogP contribution in [0.2, 0.25) is 0 Å². The molecule has 0 spiro atoms. The molecule has 5 nitrogen and oxygen atoms in total. The van der Waals surface area contributed by atoms with Crippen LogP contribution in [0.15, 0.2) is 29.2 Å². The zero-order chi connectivity index (χ0) is 12.9. The Balaban J connectivity index is 0.00000289. The number of rotatable bonds is 6. The Morgan fingerprint density at radius 3 is 2.50 bits per heavy atom. The molecule has 0 aliphatic rings. The van der Waals surface area contributed by atoms with Crippen LogP contribution in [-0.4, -0.2) is 28.1 Å². The molecule has 0 radical (unpaired) electrons. The van der Waals surface area contributed by atoms with Crippen molar-refractivity contribution >= 4 is 22.4 Å². The second-order valence-corrected chi connectivity index (χ2v) is 4.75. The lowest BCUT2D eigenvalue weighted by molar-refractivity contribution is -0.0517. The molecule has 1 aromatic rings. The second-order valence-electron chi connectivity index (χ2n) is 3.01. The number of para-hydroxylation sites is 1. The smallest absolute Gasteiger partial charge is 0.387 e. The number of nitrogens with one attached hydrogen (secondary N) is 1. The van der Waals surface area contributed by atoms with Crippen LogP contribution >= 0.6 is 12.4 Å². The first-order chi connectivity index (χ1) is 7.97. The standard InChI is InChI=1S/C9H12F2N2O3S.ClH/c10-9(11)16-7-3-1-2-4-8(7)17(14,15)13-6-5-12;/h1-4,9,13H,5-6,12H2;1H. The highest BCUT2D eigenvalue weighted by molar-refractivity contribution is 7.89. The highest BCUT2D eigenvalue weighted by Crippen LogP contribution is 2.24. The Kier molecular flexibility index (Phi) is 7.07. The summed E-state index contributed by atoms with van der Waals surface area (Å²) in [6, 6.07) is 5.15. The molecule has 0 aliphatic heterocycles. The third-order valence-electron chi connectivity index (χ3n) is 1.79. The summed E-state index contributed by atoms with van der Waals surface area (Å²) >= 11 is 0. The molecule has 0 aliphatic carbocycles. The Morgan fingerprint density at radius 1 is 1.33 bits per heavy atom. The summed E-state index contributed by atoms with van der Waals surface area (Å²) in [4.78, 5) is -0.339. The molecule has 0 fully saturated rings. The molecule has 0 saturated carbocycles. The van der Waals surface area contributed by atoms with Crippen molar-refractivity contribution in [1.82, 2.24) is 4.72 Å². The fourth-order valence-electron chi connectivity index (χ4n) is 1.14. The molecule has 0 bridgehead atoms. The number of hydrogen-bond acceptors (Lipinski definition) is 4. The van der Waals surface area contributed by atoms with Crippen molar-refractivity contribution < 1.29 is 21.9 Å². The number of alkyl halides is 2. The predicted octanol–water partition coefficient (Wildman–Crippen LogP) is 0.947. The molecular weight excluding hydrogens is 290 g/mol. The monoisotopic (exact) mass is 302 g/mol. The first-order valence-electron chi connectivity index (χ1n) is 4.71. The van der Waals surface area contributed by atoms with Gasteiger partial charge < -0.3 is 10.5 Å². The van der Waals surface area contributed by atoms with Crippen molar-refractivity contribution in [3.63, 3.8) is 0 Å². The molecular formula is C9H13ClF2N2O3S. The van der Waals surface area contributed by atoms with Crippen molar-refractivity contribution in [2.45, 2.75) is 11.5 Å². The summed E-state index contributed by atoms with van der Waals surface area (Å²) in [6.45, 7) is -2.96. The molecule has 0 amide bonds. The van der Waals surface area contributed by atoms with Gasteiger partial charge in [0.25, 0.3) is 0 Å². The average Bonchev–Trinajstić information content (AvgIpc) is 2.26. The maximum absolute atomic E-state index is 12.1. The lowest BCUT2D eigenvalue weighted by Crippen LogP contribution is -2.29. The van der Waals surface area contributed by atoms with Gasteiger partial charge in [0.2, 0.25) is 10.0 Å². The lowest BCUT2D eigenvalue weighted by Gasteiger charge is -2.11. The number of ether oxygens (including phenoxy) is 1. The number of hydrogen-bond donors (Lipinski definition) is 2. The van der Waals surface area contributed by atoms with Crippen molar-refractivity contribution in [3.8, 4) is 5.75 Å². The fraction of sp³-hybridized carbons (Fsp3) is 0.333. The van der Waals surface area contributed by atoms with E-state index in [1.165, 1.54) is 18.2 Å². The van der Waals surface area contributed by atoms with Crippen LogP contribution in [0, 0.1) is 0 Å². The predicted molar refractivity (Wildman–Crippen MR) is 64.6 cm³/mol. The minimum Gasteiger partial charge on any atom is -0.433 e. The largest absolute Gasteiger partial charge is 0.433 e. The van der Waals surface area contributed by atoms with Gasteiger partial charge in [0.05, 0.1) is 0 Å². The van der Waals surface area contributed by atoms with E-state index in [9.17, 15) is 17.2 Å². The first-order valence-corrected chi connectivity index (χ1v) is 6.19. The quantitative estimate of drug-likeness (QED) is 0.819. The van der Waals surface area contributed by atoms with Crippen LogP contribution in [0.4, 0.5) is 8.78 Å². The maximum Gasteiger partial charge on any atom is 0.387 e. The van der Waals surface area contributed by atoms with E-state index in [1.54, 1.807) is 0 Å². The molecule has 104 valence electrons. The van der Waals surface area contributed by atoms with Gasteiger partial charge in [-0.1, -0.05) is 12.1 Å². The van der Waals surface area contributed by atoms with Gasteiger partial charge in [0.15, 0.2) is 0 Å². The van der Waals surface area contributed by atoms with Crippen LogP contribution in [0.1, 0.15) is 0 Å².